The van der Waals surface area contributed by atoms with E-state index in [1.807, 2.05) is 43.5 Å². The molecule has 0 saturated carbocycles. The number of aromatic nitrogens is 1. The van der Waals surface area contributed by atoms with Crippen LogP contribution in [0.5, 0.6) is 5.75 Å². The zero-order valence-electron chi connectivity index (χ0n) is 15.7. The number of para-hydroxylation sites is 1. The molecule has 144 valence electrons. The predicted octanol–water partition coefficient (Wildman–Crippen LogP) is 5.06. The third-order valence-corrected chi connectivity index (χ3v) is 4.93. The molecule has 1 atom stereocenters. The van der Waals surface area contributed by atoms with Crippen molar-refractivity contribution in [2.24, 2.45) is 0 Å². The Bertz CT molecular complexity index is 967. The average molecular weight is 396 g/mol. The molecule has 0 spiro atoms. The third kappa shape index (κ3) is 5.50. The molecule has 3 rings (SSSR count). The molecule has 1 unspecified atom stereocenters. The Morgan fingerprint density at radius 1 is 1.25 bits per heavy atom. The van der Waals surface area contributed by atoms with E-state index in [2.05, 4.69) is 10.3 Å². The van der Waals surface area contributed by atoms with Gasteiger partial charge in [0.25, 0.3) is 0 Å². The van der Waals surface area contributed by atoms with Crippen LogP contribution in [0.4, 0.5) is 4.39 Å². The summed E-state index contributed by atoms with van der Waals surface area (Å²) in [6.45, 7) is 4.19. The van der Waals surface area contributed by atoms with Crippen molar-refractivity contribution in [1.82, 2.24) is 10.3 Å². The van der Waals surface area contributed by atoms with E-state index in [0.29, 0.717) is 12.4 Å². The molecule has 6 heteroatoms. The largest absolute Gasteiger partial charge is 0.487 e. The van der Waals surface area contributed by atoms with Crippen LogP contribution >= 0.6 is 11.3 Å². The van der Waals surface area contributed by atoms with Gasteiger partial charge in [-0.05, 0) is 43.7 Å². The number of benzene rings is 2. The van der Waals surface area contributed by atoms with Gasteiger partial charge in [0.05, 0.1) is 16.7 Å². The van der Waals surface area contributed by atoms with Crippen LogP contribution in [0.1, 0.15) is 34.8 Å². The highest BCUT2D eigenvalue weighted by Crippen LogP contribution is 2.21. The number of hydrogen-bond acceptors (Lipinski definition) is 4. The van der Waals surface area contributed by atoms with Gasteiger partial charge in [0, 0.05) is 17.0 Å². The number of aryl methyl sites for hydroxylation is 1. The first-order valence-corrected chi connectivity index (χ1v) is 9.76. The summed E-state index contributed by atoms with van der Waals surface area (Å²) in [4.78, 5) is 16.6. The number of halogens is 1. The van der Waals surface area contributed by atoms with Crippen LogP contribution in [0.3, 0.4) is 0 Å². The maximum absolute atomic E-state index is 13.0. The summed E-state index contributed by atoms with van der Waals surface area (Å²) in [6, 6.07) is 13.4. The third-order valence-electron chi connectivity index (χ3n) is 4.10. The first-order chi connectivity index (χ1) is 13.5. The van der Waals surface area contributed by atoms with Crippen molar-refractivity contribution < 1.29 is 13.9 Å². The molecule has 0 bridgehead atoms. The van der Waals surface area contributed by atoms with Crippen molar-refractivity contribution in [1.29, 1.82) is 0 Å². The van der Waals surface area contributed by atoms with E-state index in [1.54, 1.807) is 29.5 Å². The second kappa shape index (κ2) is 9.28. The molecule has 3 aromatic rings. The Morgan fingerprint density at radius 3 is 2.71 bits per heavy atom. The van der Waals surface area contributed by atoms with Gasteiger partial charge in [-0.25, -0.2) is 9.37 Å². The first kappa shape index (κ1) is 19.8. The van der Waals surface area contributed by atoms with Crippen LogP contribution in [-0.4, -0.2) is 10.9 Å². The Balaban J connectivity index is 1.61. The number of ether oxygens (including phenoxy) is 1. The zero-order valence-corrected chi connectivity index (χ0v) is 16.5. The van der Waals surface area contributed by atoms with Gasteiger partial charge in [-0.1, -0.05) is 30.3 Å². The lowest BCUT2D eigenvalue weighted by Crippen LogP contribution is -2.24. The number of rotatable bonds is 7. The van der Waals surface area contributed by atoms with Crippen molar-refractivity contribution in [2.75, 3.05) is 0 Å². The van der Waals surface area contributed by atoms with E-state index < -0.39 is 0 Å². The molecule has 0 fully saturated rings. The SMILES string of the molecule is Cc1nc(COc2ccccc2/C=C/C(=O)NC(C)c2ccc(F)cc2)cs1. The van der Waals surface area contributed by atoms with E-state index in [1.165, 1.54) is 18.2 Å². The Morgan fingerprint density at radius 2 is 2.00 bits per heavy atom. The van der Waals surface area contributed by atoms with Crippen molar-refractivity contribution >= 4 is 23.3 Å². The van der Waals surface area contributed by atoms with E-state index in [9.17, 15) is 9.18 Å². The molecule has 0 aliphatic heterocycles. The number of nitrogens with zero attached hydrogens (tertiary/aromatic N) is 1. The molecule has 1 amide bonds. The monoisotopic (exact) mass is 396 g/mol. The molecule has 4 nitrogen and oxygen atoms in total. The number of hydrogen-bond donors (Lipinski definition) is 1. The van der Waals surface area contributed by atoms with Crippen molar-refractivity contribution in [2.45, 2.75) is 26.5 Å². The lowest BCUT2D eigenvalue weighted by Gasteiger charge is -2.13. The highest BCUT2D eigenvalue weighted by Gasteiger charge is 2.08. The van der Waals surface area contributed by atoms with Gasteiger partial charge in [0.1, 0.15) is 18.2 Å². The predicted molar refractivity (Wildman–Crippen MR) is 110 cm³/mol. The smallest absolute Gasteiger partial charge is 0.244 e. The first-order valence-electron chi connectivity index (χ1n) is 8.88. The van der Waals surface area contributed by atoms with Gasteiger partial charge in [0.15, 0.2) is 0 Å². The van der Waals surface area contributed by atoms with Crippen LogP contribution in [0, 0.1) is 12.7 Å². The molecule has 1 heterocycles. The summed E-state index contributed by atoms with van der Waals surface area (Å²) in [5, 5.41) is 5.84. The molecule has 2 aromatic carbocycles. The molecule has 0 saturated heterocycles. The van der Waals surface area contributed by atoms with Gasteiger partial charge in [-0.2, -0.15) is 0 Å². The summed E-state index contributed by atoms with van der Waals surface area (Å²) in [7, 11) is 0. The Labute approximate surface area is 167 Å². The molecule has 28 heavy (non-hydrogen) atoms. The summed E-state index contributed by atoms with van der Waals surface area (Å²) in [5.74, 6) is 0.150. The summed E-state index contributed by atoms with van der Waals surface area (Å²) >= 11 is 1.58. The Hall–Kier alpha value is -2.99. The molecule has 0 radical (unpaired) electrons. The standard InChI is InChI=1S/C22H21FN2O2S/c1-15(17-7-10-19(23)11-8-17)24-22(26)12-9-18-5-3-4-6-21(18)27-13-20-14-28-16(2)25-20/h3-12,14-15H,13H2,1-2H3,(H,24,26)/b12-9+. The van der Waals surface area contributed by atoms with Crippen LogP contribution in [0.15, 0.2) is 60.0 Å². The fraction of sp³-hybridized carbons (Fsp3) is 0.182. The molecular weight excluding hydrogens is 375 g/mol. The topological polar surface area (TPSA) is 51.2 Å². The van der Waals surface area contributed by atoms with Crippen molar-refractivity contribution in [3.63, 3.8) is 0 Å². The van der Waals surface area contributed by atoms with Gasteiger partial charge >= 0.3 is 0 Å². The lowest BCUT2D eigenvalue weighted by molar-refractivity contribution is -0.117. The zero-order chi connectivity index (χ0) is 19.9. The second-order valence-corrected chi connectivity index (χ2v) is 7.36. The minimum absolute atomic E-state index is 0.225. The van der Waals surface area contributed by atoms with E-state index >= 15 is 0 Å². The molecular formula is C22H21FN2O2S. The van der Waals surface area contributed by atoms with Gasteiger partial charge in [-0.15, -0.1) is 11.3 Å². The fourth-order valence-electron chi connectivity index (χ4n) is 2.64. The van der Waals surface area contributed by atoms with Gasteiger partial charge < -0.3 is 10.1 Å². The van der Waals surface area contributed by atoms with Crippen LogP contribution in [0.2, 0.25) is 0 Å². The molecule has 0 aliphatic rings. The van der Waals surface area contributed by atoms with Crippen molar-refractivity contribution in [3.05, 3.63) is 87.6 Å². The maximum Gasteiger partial charge on any atom is 0.244 e. The van der Waals surface area contributed by atoms with E-state index in [4.69, 9.17) is 4.74 Å². The summed E-state index contributed by atoms with van der Waals surface area (Å²) < 4.78 is 18.9. The van der Waals surface area contributed by atoms with Crippen LogP contribution < -0.4 is 10.1 Å². The van der Waals surface area contributed by atoms with Crippen LogP contribution in [-0.2, 0) is 11.4 Å². The highest BCUT2D eigenvalue weighted by atomic mass is 32.1. The van der Waals surface area contributed by atoms with Crippen LogP contribution in [0.25, 0.3) is 6.08 Å². The minimum atomic E-state index is -0.299. The van der Waals surface area contributed by atoms with Gasteiger partial charge in [-0.3, -0.25) is 4.79 Å². The highest BCUT2D eigenvalue weighted by molar-refractivity contribution is 7.09. The normalized spacial score (nSPS) is 12.1. The van der Waals surface area contributed by atoms with Gasteiger partial charge in [0.2, 0.25) is 5.91 Å². The lowest BCUT2D eigenvalue weighted by atomic mass is 10.1. The minimum Gasteiger partial charge on any atom is -0.487 e. The number of carbonyl (C=O) groups excluding carboxylic acids is 1. The van der Waals surface area contributed by atoms with E-state index in [-0.39, 0.29) is 17.8 Å². The fourth-order valence-corrected chi connectivity index (χ4v) is 3.23. The van der Waals surface area contributed by atoms with E-state index in [0.717, 1.165) is 21.8 Å². The summed E-state index contributed by atoms with van der Waals surface area (Å²) in [5.41, 5.74) is 2.52. The summed E-state index contributed by atoms with van der Waals surface area (Å²) in [6.07, 6.45) is 3.18. The second-order valence-electron chi connectivity index (χ2n) is 6.30. The number of nitrogens with one attached hydrogen (secondary N) is 1. The maximum atomic E-state index is 13.0. The molecule has 0 aliphatic carbocycles. The Kier molecular flexibility index (Phi) is 6.55. The molecule has 1 aromatic heterocycles. The number of carbonyl (C=O) groups is 1. The number of thiazole rings is 1. The number of amides is 1. The van der Waals surface area contributed by atoms with Crippen molar-refractivity contribution in [3.8, 4) is 5.75 Å². The quantitative estimate of drug-likeness (QED) is 0.568. The molecule has 1 N–H and O–H groups in total. The average Bonchev–Trinajstić information content (AvgIpc) is 3.11.